The Morgan fingerprint density at radius 1 is 1.15 bits per heavy atom. The maximum absolute atomic E-state index is 5.87. The normalized spacial score (nSPS) is 16.0. The van der Waals surface area contributed by atoms with Crippen LogP contribution in [0.15, 0.2) is 18.2 Å². The van der Waals surface area contributed by atoms with Gasteiger partial charge in [0.25, 0.3) is 0 Å². The molecule has 0 bridgehead atoms. The molecule has 1 aliphatic heterocycles. The first kappa shape index (κ1) is 15.4. The first-order chi connectivity index (χ1) is 9.66. The van der Waals surface area contributed by atoms with Crippen molar-refractivity contribution in [3.63, 3.8) is 0 Å². The van der Waals surface area contributed by atoms with Gasteiger partial charge in [-0.1, -0.05) is 19.9 Å². The highest BCUT2D eigenvalue weighted by atomic mass is 16.5. The van der Waals surface area contributed by atoms with Gasteiger partial charge in [-0.15, -0.1) is 0 Å². The van der Waals surface area contributed by atoms with Crippen molar-refractivity contribution in [2.24, 2.45) is 0 Å². The van der Waals surface area contributed by atoms with Crippen LogP contribution in [0.5, 0.6) is 5.75 Å². The molecule has 1 heterocycles. The third-order valence-electron chi connectivity index (χ3n) is 4.20. The fourth-order valence-electron chi connectivity index (χ4n) is 3.02. The standard InChI is InChI=1S/C18H29NO/c1-15(2)18-9-8-17(14-16(18)3)20-13-7-6-12-19-10-4-5-11-19/h8-9,14-15H,4-7,10-13H2,1-3H3. The van der Waals surface area contributed by atoms with Gasteiger partial charge < -0.3 is 9.64 Å². The third-order valence-corrected chi connectivity index (χ3v) is 4.20. The van der Waals surface area contributed by atoms with Gasteiger partial charge in [0.05, 0.1) is 6.61 Å². The molecule has 1 aromatic carbocycles. The van der Waals surface area contributed by atoms with Crippen molar-refractivity contribution in [2.45, 2.75) is 52.4 Å². The van der Waals surface area contributed by atoms with Gasteiger partial charge in [0, 0.05) is 0 Å². The van der Waals surface area contributed by atoms with Gasteiger partial charge in [-0.05, 0) is 81.4 Å². The first-order valence-corrected chi connectivity index (χ1v) is 8.12. The third kappa shape index (κ3) is 4.52. The van der Waals surface area contributed by atoms with Gasteiger partial charge in [0.15, 0.2) is 0 Å². The van der Waals surface area contributed by atoms with Crippen LogP contribution in [0.3, 0.4) is 0 Å². The van der Waals surface area contributed by atoms with Gasteiger partial charge in [-0.25, -0.2) is 0 Å². The summed E-state index contributed by atoms with van der Waals surface area (Å²) in [5, 5.41) is 0. The molecule has 0 aliphatic carbocycles. The molecule has 0 spiro atoms. The van der Waals surface area contributed by atoms with Gasteiger partial charge >= 0.3 is 0 Å². The average molecular weight is 275 g/mol. The summed E-state index contributed by atoms with van der Waals surface area (Å²) in [6, 6.07) is 6.50. The lowest BCUT2D eigenvalue weighted by atomic mass is 9.98. The lowest BCUT2D eigenvalue weighted by molar-refractivity contribution is 0.279. The van der Waals surface area contributed by atoms with E-state index in [0.29, 0.717) is 5.92 Å². The molecule has 0 unspecified atom stereocenters. The van der Waals surface area contributed by atoms with Crippen LogP contribution < -0.4 is 4.74 Å². The molecule has 112 valence electrons. The minimum atomic E-state index is 0.588. The number of likely N-dealkylation sites (tertiary alicyclic amines) is 1. The topological polar surface area (TPSA) is 12.5 Å². The van der Waals surface area contributed by atoms with Crippen LogP contribution in [0.1, 0.15) is 56.6 Å². The summed E-state index contributed by atoms with van der Waals surface area (Å²) >= 11 is 0. The lowest BCUT2D eigenvalue weighted by Crippen LogP contribution is -2.20. The van der Waals surface area contributed by atoms with Crippen molar-refractivity contribution in [2.75, 3.05) is 26.2 Å². The zero-order chi connectivity index (χ0) is 14.4. The second-order valence-corrected chi connectivity index (χ2v) is 6.28. The van der Waals surface area contributed by atoms with Gasteiger partial charge in [0.2, 0.25) is 0 Å². The molecule has 0 amide bonds. The Kier molecular flexibility index (Phi) is 5.90. The molecule has 0 aromatic heterocycles. The minimum absolute atomic E-state index is 0.588. The number of unbranched alkanes of at least 4 members (excludes halogenated alkanes) is 1. The predicted octanol–water partition coefficient (Wildman–Crippen LogP) is 4.37. The van der Waals surface area contributed by atoms with E-state index in [-0.39, 0.29) is 0 Å². The summed E-state index contributed by atoms with van der Waals surface area (Å²) in [7, 11) is 0. The van der Waals surface area contributed by atoms with E-state index in [1.807, 2.05) is 0 Å². The monoisotopic (exact) mass is 275 g/mol. The average Bonchev–Trinajstić information content (AvgIpc) is 2.91. The lowest BCUT2D eigenvalue weighted by Gasteiger charge is -2.15. The van der Waals surface area contributed by atoms with Crippen LogP contribution in [0, 0.1) is 6.92 Å². The molecular weight excluding hydrogens is 246 g/mol. The summed E-state index contributed by atoms with van der Waals surface area (Å²) in [6.45, 7) is 11.3. The van der Waals surface area contributed by atoms with E-state index in [2.05, 4.69) is 43.9 Å². The predicted molar refractivity (Wildman–Crippen MR) is 85.7 cm³/mol. The van der Waals surface area contributed by atoms with E-state index in [0.717, 1.165) is 18.8 Å². The van der Waals surface area contributed by atoms with Crippen LogP contribution in [-0.2, 0) is 0 Å². The first-order valence-electron chi connectivity index (χ1n) is 8.12. The Labute approximate surface area is 124 Å². The molecule has 2 rings (SSSR count). The Hall–Kier alpha value is -1.02. The summed E-state index contributed by atoms with van der Waals surface area (Å²) in [5.41, 5.74) is 2.76. The molecule has 20 heavy (non-hydrogen) atoms. The molecule has 2 nitrogen and oxygen atoms in total. The number of ether oxygens (including phenoxy) is 1. The van der Waals surface area contributed by atoms with E-state index in [9.17, 15) is 0 Å². The number of aryl methyl sites for hydroxylation is 1. The smallest absolute Gasteiger partial charge is 0.119 e. The summed E-state index contributed by atoms with van der Waals surface area (Å²) in [6.07, 6.45) is 5.18. The highest BCUT2D eigenvalue weighted by molar-refractivity contribution is 5.36. The molecule has 1 fully saturated rings. The maximum Gasteiger partial charge on any atom is 0.119 e. The molecular formula is C18H29NO. The van der Waals surface area contributed by atoms with Crippen LogP contribution in [-0.4, -0.2) is 31.1 Å². The van der Waals surface area contributed by atoms with Crippen molar-refractivity contribution >= 4 is 0 Å². The Bertz CT molecular complexity index is 408. The molecule has 0 radical (unpaired) electrons. The van der Waals surface area contributed by atoms with Crippen molar-refractivity contribution in [1.29, 1.82) is 0 Å². The quantitative estimate of drug-likeness (QED) is 0.685. The largest absolute Gasteiger partial charge is 0.494 e. The molecule has 1 aromatic rings. The minimum Gasteiger partial charge on any atom is -0.494 e. The summed E-state index contributed by atoms with van der Waals surface area (Å²) in [4.78, 5) is 2.57. The number of hydrogen-bond acceptors (Lipinski definition) is 2. The number of hydrogen-bond donors (Lipinski definition) is 0. The van der Waals surface area contributed by atoms with Crippen molar-refractivity contribution in [1.82, 2.24) is 4.90 Å². The van der Waals surface area contributed by atoms with Crippen molar-refractivity contribution in [3.8, 4) is 5.75 Å². The second-order valence-electron chi connectivity index (χ2n) is 6.28. The van der Waals surface area contributed by atoms with E-state index in [1.165, 1.54) is 50.0 Å². The second kappa shape index (κ2) is 7.68. The molecule has 0 atom stereocenters. The van der Waals surface area contributed by atoms with Crippen molar-refractivity contribution in [3.05, 3.63) is 29.3 Å². The van der Waals surface area contributed by atoms with Gasteiger partial charge in [0.1, 0.15) is 5.75 Å². The number of nitrogens with zero attached hydrogens (tertiary/aromatic N) is 1. The highest BCUT2D eigenvalue weighted by Gasteiger charge is 2.10. The Morgan fingerprint density at radius 2 is 1.90 bits per heavy atom. The van der Waals surface area contributed by atoms with Gasteiger partial charge in [-0.2, -0.15) is 0 Å². The highest BCUT2D eigenvalue weighted by Crippen LogP contribution is 2.23. The molecule has 1 aliphatic rings. The van der Waals surface area contributed by atoms with E-state index in [4.69, 9.17) is 4.74 Å². The van der Waals surface area contributed by atoms with Crippen LogP contribution in [0.2, 0.25) is 0 Å². The van der Waals surface area contributed by atoms with E-state index < -0.39 is 0 Å². The molecule has 0 saturated carbocycles. The van der Waals surface area contributed by atoms with E-state index in [1.54, 1.807) is 0 Å². The fraction of sp³-hybridized carbons (Fsp3) is 0.667. The van der Waals surface area contributed by atoms with Gasteiger partial charge in [-0.3, -0.25) is 0 Å². The van der Waals surface area contributed by atoms with Crippen LogP contribution in [0.25, 0.3) is 0 Å². The van der Waals surface area contributed by atoms with E-state index >= 15 is 0 Å². The maximum atomic E-state index is 5.87. The Balaban J connectivity index is 1.67. The Morgan fingerprint density at radius 3 is 2.55 bits per heavy atom. The SMILES string of the molecule is Cc1cc(OCCCCN2CCCC2)ccc1C(C)C. The number of rotatable bonds is 7. The molecule has 0 N–H and O–H groups in total. The number of benzene rings is 1. The summed E-state index contributed by atoms with van der Waals surface area (Å²) < 4.78 is 5.87. The zero-order valence-electron chi connectivity index (χ0n) is 13.3. The van der Waals surface area contributed by atoms with Crippen LogP contribution >= 0.6 is 0 Å². The fourth-order valence-corrected chi connectivity index (χ4v) is 3.02. The van der Waals surface area contributed by atoms with Crippen LogP contribution in [0.4, 0.5) is 0 Å². The van der Waals surface area contributed by atoms with Crippen molar-refractivity contribution < 1.29 is 4.74 Å². The zero-order valence-corrected chi connectivity index (χ0v) is 13.3. The molecule has 2 heteroatoms. The summed E-state index contributed by atoms with van der Waals surface area (Å²) in [5.74, 6) is 1.61. The molecule has 1 saturated heterocycles.